The number of thioether (sulfide) groups is 1. The number of carbonyl (C=O) groups is 2. The van der Waals surface area contributed by atoms with Crippen molar-refractivity contribution in [2.75, 3.05) is 7.11 Å². The van der Waals surface area contributed by atoms with Gasteiger partial charge in [-0.15, -0.1) is 0 Å². The molecular weight excluding hydrogens is 373 g/mol. The Labute approximate surface area is 150 Å². The number of benzene rings is 1. The number of nitrogens with one attached hydrogen (secondary N) is 1. The summed E-state index contributed by atoms with van der Waals surface area (Å²) in [5, 5.41) is 1.57. The van der Waals surface area contributed by atoms with E-state index in [1.807, 2.05) is 0 Å². The Kier molecular flexibility index (Phi) is 4.86. The summed E-state index contributed by atoms with van der Waals surface area (Å²) in [5.74, 6) is -1.13. The van der Waals surface area contributed by atoms with Gasteiger partial charge >= 0.3 is 0 Å². The third-order valence-electron chi connectivity index (χ3n) is 3.02. The molecule has 1 aliphatic heterocycles. The monoisotopic (exact) mass is 381 g/mol. The van der Waals surface area contributed by atoms with Gasteiger partial charge in [0.05, 0.1) is 18.2 Å². The summed E-state index contributed by atoms with van der Waals surface area (Å²) in [6.45, 7) is 0. The smallest absolute Gasteiger partial charge is 0.290 e. The number of ether oxygens (including phenoxy) is 2. The minimum atomic E-state index is -0.782. The van der Waals surface area contributed by atoms with Crippen LogP contribution >= 0.6 is 23.4 Å². The number of hydrogen-bond donors (Lipinski definition) is 1. The summed E-state index contributed by atoms with van der Waals surface area (Å²) >= 11 is 6.43. The number of carbonyl (C=O) groups excluding carboxylic acids is 2. The van der Waals surface area contributed by atoms with Crippen LogP contribution < -0.4 is 14.8 Å². The van der Waals surface area contributed by atoms with Gasteiger partial charge in [-0.25, -0.2) is 4.98 Å². The highest BCUT2D eigenvalue weighted by atomic mass is 35.5. The van der Waals surface area contributed by atoms with Crippen molar-refractivity contribution in [3.05, 3.63) is 46.0 Å². The van der Waals surface area contributed by atoms with Gasteiger partial charge in [-0.05, 0) is 47.1 Å². The molecular formula is C15H9ClFN3O4S. The summed E-state index contributed by atoms with van der Waals surface area (Å²) in [7, 11) is 1.41. The van der Waals surface area contributed by atoms with Crippen molar-refractivity contribution < 1.29 is 23.5 Å². The Bertz CT molecular complexity index is 906. The number of amides is 2. The lowest BCUT2D eigenvalue weighted by molar-refractivity contribution is -0.115. The fourth-order valence-corrected chi connectivity index (χ4v) is 2.75. The van der Waals surface area contributed by atoms with Crippen LogP contribution in [0.1, 0.15) is 5.56 Å². The summed E-state index contributed by atoms with van der Waals surface area (Å²) in [6, 6.07) is 4.70. The first-order valence-corrected chi connectivity index (χ1v) is 7.94. The molecule has 128 valence electrons. The number of hydrogen-bond acceptors (Lipinski definition) is 7. The Morgan fingerprint density at radius 3 is 2.80 bits per heavy atom. The predicted octanol–water partition coefficient (Wildman–Crippen LogP) is 3.39. The molecule has 25 heavy (non-hydrogen) atoms. The number of imide groups is 1. The van der Waals surface area contributed by atoms with Crippen molar-refractivity contribution in [2.24, 2.45) is 0 Å². The van der Waals surface area contributed by atoms with Crippen LogP contribution in [0.2, 0.25) is 5.28 Å². The molecule has 0 spiro atoms. The van der Waals surface area contributed by atoms with Crippen molar-refractivity contribution in [2.45, 2.75) is 0 Å². The summed E-state index contributed by atoms with van der Waals surface area (Å²) in [5.41, 5.74) is 0.595. The predicted molar refractivity (Wildman–Crippen MR) is 89.2 cm³/mol. The SMILES string of the molecule is COc1cc(/C=C2/SC(=O)NC2=O)ccc1Oc1nc(Cl)ncc1F. The first-order chi connectivity index (χ1) is 12.0. The maximum absolute atomic E-state index is 13.7. The highest BCUT2D eigenvalue weighted by molar-refractivity contribution is 8.18. The maximum atomic E-state index is 13.7. The van der Waals surface area contributed by atoms with Gasteiger partial charge in [-0.2, -0.15) is 9.37 Å². The third kappa shape index (κ3) is 3.89. The molecule has 0 radical (unpaired) electrons. The van der Waals surface area contributed by atoms with E-state index in [0.717, 1.165) is 18.0 Å². The van der Waals surface area contributed by atoms with E-state index in [1.54, 1.807) is 12.1 Å². The zero-order valence-electron chi connectivity index (χ0n) is 12.6. The van der Waals surface area contributed by atoms with Gasteiger partial charge in [-0.3, -0.25) is 14.9 Å². The van der Waals surface area contributed by atoms with Gasteiger partial charge in [0.15, 0.2) is 11.5 Å². The first-order valence-electron chi connectivity index (χ1n) is 6.75. The molecule has 1 aliphatic rings. The molecule has 1 N–H and O–H groups in total. The molecule has 3 rings (SSSR count). The van der Waals surface area contributed by atoms with Crippen LogP contribution in [0.5, 0.6) is 17.4 Å². The topological polar surface area (TPSA) is 90.4 Å². The minimum absolute atomic E-state index is 0.161. The number of rotatable bonds is 4. The second-order valence-electron chi connectivity index (χ2n) is 4.66. The number of halogens is 2. The van der Waals surface area contributed by atoms with Crippen LogP contribution in [0.25, 0.3) is 6.08 Å². The highest BCUT2D eigenvalue weighted by Crippen LogP contribution is 2.34. The van der Waals surface area contributed by atoms with E-state index in [1.165, 1.54) is 19.3 Å². The molecule has 10 heteroatoms. The van der Waals surface area contributed by atoms with Crippen molar-refractivity contribution in [3.63, 3.8) is 0 Å². The molecule has 2 amide bonds. The molecule has 0 aliphatic carbocycles. The third-order valence-corrected chi connectivity index (χ3v) is 4.01. The van der Waals surface area contributed by atoms with E-state index < -0.39 is 17.0 Å². The van der Waals surface area contributed by atoms with E-state index in [-0.39, 0.29) is 27.6 Å². The molecule has 0 atom stereocenters. The minimum Gasteiger partial charge on any atom is -0.493 e. The maximum Gasteiger partial charge on any atom is 0.290 e. The number of aromatic nitrogens is 2. The Balaban J connectivity index is 1.90. The largest absolute Gasteiger partial charge is 0.493 e. The lowest BCUT2D eigenvalue weighted by Crippen LogP contribution is -2.17. The molecule has 1 aromatic carbocycles. The fourth-order valence-electron chi connectivity index (χ4n) is 1.94. The van der Waals surface area contributed by atoms with E-state index in [2.05, 4.69) is 15.3 Å². The van der Waals surface area contributed by atoms with Crippen LogP contribution in [0, 0.1) is 5.82 Å². The zero-order chi connectivity index (χ0) is 18.0. The average Bonchev–Trinajstić information content (AvgIpc) is 2.89. The summed E-state index contributed by atoms with van der Waals surface area (Å²) < 4.78 is 24.3. The average molecular weight is 382 g/mol. The number of nitrogens with zero attached hydrogens (tertiary/aromatic N) is 2. The molecule has 2 aromatic rings. The lowest BCUT2D eigenvalue weighted by Gasteiger charge is -2.11. The van der Waals surface area contributed by atoms with Crippen LogP contribution in [0.15, 0.2) is 29.3 Å². The molecule has 2 heterocycles. The van der Waals surface area contributed by atoms with E-state index in [9.17, 15) is 14.0 Å². The first kappa shape index (κ1) is 17.2. The standard InChI is InChI=1S/C15H9ClFN3O4S/c1-23-10-4-7(5-11-12(21)19-15(22)25-11)2-3-9(10)24-13-8(17)6-18-14(16)20-13/h2-6H,1H3,(H,19,21,22)/b11-5+. The van der Waals surface area contributed by atoms with Gasteiger partial charge in [-0.1, -0.05) is 6.07 Å². The molecule has 7 nitrogen and oxygen atoms in total. The van der Waals surface area contributed by atoms with E-state index in [0.29, 0.717) is 5.56 Å². The molecule has 0 saturated carbocycles. The molecule has 0 bridgehead atoms. The molecule has 0 unspecified atom stereocenters. The van der Waals surface area contributed by atoms with Gasteiger partial charge in [0.1, 0.15) is 0 Å². The highest BCUT2D eigenvalue weighted by Gasteiger charge is 2.25. The van der Waals surface area contributed by atoms with Gasteiger partial charge in [0, 0.05) is 0 Å². The second-order valence-corrected chi connectivity index (χ2v) is 6.01. The van der Waals surface area contributed by atoms with Gasteiger partial charge < -0.3 is 9.47 Å². The summed E-state index contributed by atoms with van der Waals surface area (Å²) in [4.78, 5) is 30.2. The van der Waals surface area contributed by atoms with Crippen molar-refractivity contribution in [3.8, 4) is 17.4 Å². The van der Waals surface area contributed by atoms with Crippen molar-refractivity contribution in [1.82, 2.24) is 15.3 Å². The van der Waals surface area contributed by atoms with Crippen LogP contribution in [0.3, 0.4) is 0 Å². The van der Waals surface area contributed by atoms with Gasteiger partial charge in [0.2, 0.25) is 11.1 Å². The van der Waals surface area contributed by atoms with Crippen molar-refractivity contribution in [1.29, 1.82) is 0 Å². The van der Waals surface area contributed by atoms with Crippen LogP contribution in [-0.4, -0.2) is 28.2 Å². The zero-order valence-corrected chi connectivity index (χ0v) is 14.2. The molecule has 1 saturated heterocycles. The van der Waals surface area contributed by atoms with Crippen LogP contribution in [-0.2, 0) is 4.79 Å². The van der Waals surface area contributed by atoms with Gasteiger partial charge in [0.25, 0.3) is 17.0 Å². The van der Waals surface area contributed by atoms with Crippen molar-refractivity contribution >= 4 is 40.6 Å². The fraction of sp³-hybridized carbons (Fsp3) is 0.0667. The lowest BCUT2D eigenvalue weighted by atomic mass is 10.2. The Morgan fingerprint density at radius 1 is 1.32 bits per heavy atom. The molecule has 1 aromatic heterocycles. The second kappa shape index (κ2) is 7.08. The normalized spacial score (nSPS) is 15.4. The quantitative estimate of drug-likeness (QED) is 0.641. The Hall–Kier alpha value is -2.65. The Morgan fingerprint density at radius 2 is 2.12 bits per heavy atom. The van der Waals surface area contributed by atoms with Crippen LogP contribution in [0.4, 0.5) is 9.18 Å². The number of methoxy groups -OCH3 is 1. The summed E-state index contributed by atoms with van der Waals surface area (Å²) in [6.07, 6.45) is 2.42. The van der Waals surface area contributed by atoms with E-state index >= 15 is 0 Å². The van der Waals surface area contributed by atoms with E-state index in [4.69, 9.17) is 21.1 Å². The molecule has 1 fully saturated rings.